The molecule has 0 atom stereocenters. The van der Waals surface area contributed by atoms with E-state index in [0.717, 1.165) is 18.3 Å². The summed E-state index contributed by atoms with van der Waals surface area (Å²) in [4.78, 5) is 0. The summed E-state index contributed by atoms with van der Waals surface area (Å²) in [5.41, 5.74) is 0. The normalized spacial score (nSPS) is 19.2. The van der Waals surface area contributed by atoms with E-state index < -0.39 is 8.32 Å². The van der Waals surface area contributed by atoms with Gasteiger partial charge in [0.2, 0.25) is 8.32 Å². The lowest BCUT2D eigenvalue weighted by atomic mass is 9.86. The molecule has 17 heavy (non-hydrogen) atoms. The Hall–Kier alpha value is -0.443. The number of ether oxygens (including phenoxy) is 1. The van der Waals surface area contributed by atoms with Crippen molar-refractivity contribution in [3.63, 3.8) is 0 Å². The van der Waals surface area contributed by atoms with E-state index in [1.807, 2.05) is 0 Å². The Kier molecular flexibility index (Phi) is 6.10. The highest BCUT2D eigenvalue weighted by Crippen LogP contribution is 2.27. The zero-order valence-corrected chi connectivity index (χ0v) is 12.9. The van der Waals surface area contributed by atoms with E-state index >= 15 is 0 Å². The predicted molar refractivity (Wildman–Crippen MR) is 75.3 cm³/mol. The second-order valence-corrected chi connectivity index (χ2v) is 10.5. The van der Waals surface area contributed by atoms with Crippen LogP contribution >= 0.6 is 0 Å². The molecule has 1 saturated carbocycles. The molecule has 3 heteroatoms. The average Bonchev–Trinajstić information content (AvgIpc) is 2.27. The number of hydrogen-bond donors (Lipinski definition) is 0. The maximum Gasteiger partial charge on any atom is 0.260 e. The molecule has 0 aromatic carbocycles. The lowest BCUT2D eigenvalue weighted by molar-refractivity contribution is 0.145. The zero-order chi connectivity index (χ0) is 12.7. The van der Waals surface area contributed by atoms with Crippen molar-refractivity contribution < 1.29 is 9.16 Å². The highest BCUT2D eigenvalue weighted by Gasteiger charge is 2.18. The van der Waals surface area contributed by atoms with Gasteiger partial charge in [-0.2, -0.15) is 0 Å². The monoisotopic (exact) mass is 256 g/mol. The van der Waals surface area contributed by atoms with Crippen molar-refractivity contribution in [2.24, 2.45) is 5.92 Å². The summed E-state index contributed by atoms with van der Waals surface area (Å²) in [5.74, 6) is 1.67. The Morgan fingerprint density at radius 1 is 1.18 bits per heavy atom. The van der Waals surface area contributed by atoms with Gasteiger partial charge in [0.05, 0.1) is 7.11 Å². The fourth-order valence-corrected chi connectivity index (χ4v) is 3.15. The van der Waals surface area contributed by atoms with Crippen LogP contribution in [0.1, 0.15) is 44.9 Å². The summed E-state index contributed by atoms with van der Waals surface area (Å²) in [5, 5.41) is 0. The highest BCUT2D eigenvalue weighted by molar-refractivity contribution is 6.69. The van der Waals surface area contributed by atoms with Gasteiger partial charge in [0.1, 0.15) is 0 Å². The molecule has 0 aromatic rings. The molecule has 0 unspecified atom stereocenters. The van der Waals surface area contributed by atoms with E-state index in [0.29, 0.717) is 0 Å². The minimum Gasteiger partial charge on any atom is -0.520 e. The SMILES string of the molecule is CO/C(=C\CCC1CCCCC1)O[Si](C)(C)C. The van der Waals surface area contributed by atoms with E-state index in [2.05, 4.69) is 25.7 Å². The number of methoxy groups -OCH3 is 1. The summed E-state index contributed by atoms with van der Waals surface area (Å²) in [6.07, 6.45) is 11.7. The van der Waals surface area contributed by atoms with Gasteiger partial charge in [0, 0.05) is 0 Å². The molecule has 1 aliphatic rings. The largest absolute Gasteiger partial charge is 0.520 e. The molecule has 0 spiro atoms. The first-order valence-corrected chi connectivity index (χ1v) is 10.4. The van der Waals surface area contributed by atoms with Gasteiger partial charge in [-0.1, -0.05) is 32.1 Å². The van der Waals surface area contributed by atoms with Gasteiger partial charge in [-0.3, -0.25) is 0 Å². The van der Waals surface area contributed by atoms with E-state index in [9.17, 15) is 0 Å². The second kappa shape index (κ2) is 7.09. The van der Waals surface area contributed by atoms with Crippen LogP contribution in [0.4, 0.5) is 0 Å². The minimum atomic E-state index is -1.52. The van der Waals surface area contributed by atoms with E-state index in [4.69, 9.17) is 9.16 Å². The van der Waals surface area contributed by atoms with Crippen LogP contribution < -0.4 is 0 Å². The zero-order valence-electron chi connectivity index (χ0n) is 11.9. The van der Waals surface area contributed by atoms with Gasteiger partial charge < -0.3 is 9.16 Å². The van der Waals surface area contributed by atoms with Crippen LogP contribution in [0.15, 0.2) is 12.0 Å². The quantitative estimate of drug-likeness (QED) is 0.507. The smallest absolute Gasteiger partial charge is 0.260 e. The summed E-state index contributed by atoms with van der Waals surface area (Å²) < 4.78 is 11.1. The Morgan fingerprint density at radius 2 is 1.82 bits per heavy atom. The summed E-state index contributed by atoms with van der Waals surface area (Å²) in [6, 6.07) is 0. The van der Waals surface area contributed by atoms with Gasteiger partial charge in [0.25, 0.3) is 5.95 Å². The van der Waals surface area contributed by atoms with Crippen LogP contribution in [0.25, 0.3) is 0 Å². The van der Waals surface area contributed by atoms with Crippen LogP contribution in [0.2, 0.25) is 19.6 Å². The summed E-state index contributed by atoms with van der Waals surface area (Å²) in [7, 11) is 0.177. The molecule has 2 nitrogen and oxygen atoms in total. The maximum absolute atomic E-state index is 5.85. The van der Waals surface area contributed by atoms with Crippen molar-refractivity contribution in [1.29, 1.82) is 0 Å². The lowest BCUT2D eigenvalue weighted by Crippen LogP contribution is -2.25. The molecule has 0 bridgehead atoms. The minimum absolute atomic E-state index is 0.736. The number of allylic oxidation sites excluding steroid dienone is 1. The number of hydrogen-bond acceptors (Lipinski definition) is 2. The number of rotatable bonds is 6. The van der Waals surface area contributed by atoms with Crippen molar-refractivity contribution in [3.8, 4) is 0 Å². The van der Waals surface area contributed by atoms with Crippen molar-refractivity contribution >= 4 is 8.32 Å². The Labute approximate surface area is 108 Å². The summed E-state index contributed by atoms with van der Waals surface area (Å²) >= 11 is 0. The molecule has 0 heterocycles. The van der Waals surface area contributed by atoms with E-state index in [-0.39, 0.29) is 0 Å². The molecule has 0 N–H and O–H groups in total. The van der Waals surface area contributed by atoms with Crippen molar-refractivity contribution in [2.45, 2.75) is 64.6 Å². The van der Waals surface area contributed by atoms with Crippen LogP contribution in [0, 0.1) is 5.92 Å². The van der Waals surface area contributed by atoms with Crippen LogP contribution in [0.5, 0.6) is 0 Å². The van der Waals surface area contributed by atoms with Crippen molar-refractivity contribution in [3.05, 3.63) is 12.0 Å². The third kappa shape index (κ3) is 6.77. The molecule has 1 aliphatic carbocycles. The van der Waals surface area contributed by atoms with Crippen LogP contribution in [0.3, 0.4) is 0 Å². The maximum atomic E-state index is 5.85. The molecule has 0 aliphatic heterocycles. The molecular weight excluding hydrogens is 228 g/mol. The van der Waals surface area contributed by atoms with Crippen LogP contribution in [-0.4, -0.2) is 15.4 Å². The average molecular weight is 256 g/mol. The van der Waals surface area contributed by atoms with E-state index in [1.165, 1.54) is 38.5 Å². The third-order valence-electron chi connectivity index (χ3n) is 3.22. The third-order valence-corrected chi connectivity index (χ3v) is 4.03. The first-order valence-electron chi connectivity index (χ1n) is 6.94. The van der Waals surface area contributed by atoms with Gasteiger partial charge in [-0.15, -0.1) is 0 Å². The second-order valence-electron chi connectivity index (χ2n) is 6.02. The van der Waals surface area contributed by atoms with Gasteiger partial charge in [-0.05, 0) is 44.5 Å². The lowest BCUT2D eigenvalue weighted by Gasteiger charge is -2.22. The van der Waals surface area contributed by atoms with Gasteiger partial charge >= 0.3 is 0 Å². The summed E-state index contributed by atoms with van der Waals surface area (Å²) in [6.45, 7) is 6.54. The standard InChI is InChI=1S/C14H28O2Si/c1-15-14(16-17(2,3)4)12-8-11-13-9-6-5-7-10-13/h12-13H,5-11H2,1-4H3/b14-12+. The molecular formula is C14H28O2Si. The topological polar surface area (TPSA) is 18.5 Å². The first kappa shape index (κ1) is 14.6. The Morgan fingerprint density at radius 3 is 2.35 bits per heavy atom. The molecule has 0 amide bonds. The Balaban J connectivity index is 2.29. The molecule has 1 rings (SSSR count). The van der Waals surface area contributed by atoms with Crippen LogP contribution in [-0.2, 0) is 9.16 Å². The molecule has 0 radical (unpaired) electrons. The van der Waals surface area contributed by atoms with Gasteiger partial charge in [-0.25, -0.2) is 0 Å². The predicted octanol–water partition coefficient (Wildman–Crippen LogP) is 4.69. The molecule has 0 aromatic heterocycles. The van der Waals surface area contributed by atoms with Crippen molar-refractivity contribution in [1.82, 2.24) is 0 Å². The highest BCUT2D eigenvalue weighted by atomic mass is 28.4. The van der Waals surface area contributed by atoms with Gasteiger partial charge in [0.15, 0.2) is 0 Å². The first-order chi connectivity index (χ1) is 8.01. The molecule has 1 fully saturated rings. The Bertz CT molecular complexity index is 237. The molecule has 100 valence electrons. The molecule has 0 saturated heterocycles. The fourth-order valence-electron chi connectivity index (χ4n) is 2.38. The van der Waals surface area contributed by atoms with E-state index in [1.54, 1.807) is 7.11 Å². The van der Waals surface area contributed by atoms with Crippen molar-refractivity contribution in [2.75, 3.05) is 7.11 Å². The fraction of sp³-hybridized carbons (Fsp3) is 0.857.